The Hall–Kier alpha value is -1.51. The summed E-state index contributed by atoms with van der Waals surface area (Å²) in [4.78, 5) is 31.4. The maximum absolute atomic E-state index is 11.9. The summed E-state index contributed by atoms with van der Waals surface area (Å²) >= 11 is 1.44. The largest absolute Gasteiger partial charge is 0.379 e. The molecule has 128 valence electrons. The highest BCUT2D eigenvalue weighted by atomic mass is 32.1. The van der Waals surface area contributed by atoms with Crippen LogP contribution in [0.4, 0.5) is 5.13 Å². The molecule has 8 heteroatoms. The van der Waals surface area contributed by atoms with E-state index in [0.29, 0.717) is 24.7 Å². The van der Waals surface area contributed by atoms with Crippen molar-refractivity contribution >= 4 is 28.3 Å². The molecule has 7 nitrogen and oxygen atoms in total. The van der Waals surface area contributed by atoms with Crippen molar-refractivity contribution in [3.8, 4) is 0 Å². The predicted octanol–water partition coefficient (Wildman–Crippen LogP) is 1.00. The number of aromatic nitrogens is 1. The zero-order chi connectivity index (χ0) is 16.8. The molecule has 0 aliphatic carbocycles. The number of carbonyl (C=O) groups is 2. The van der Waals surface area contributed by atoms with Crippen molar-refractivity contribution in [1.82, 2.24) is 15.2 Å². The van der Waals surface area contributed by atoms with Crippen molar-refractivity contribution in [2.45, 2.75) is 39.3 Å². The zero-order valence-corrected chi connectivity index (χ0v) is 14.7. The second-order valence-electron chi connectivity index (χ2n) is 5.86. The zero-order valence-electron chi connectivity index (χ0n) is 13.8. The molecule has 0 spiro atoms. The number of nitrogens with zero attached hydrogens (tertiary/aromatic N) is 2. The molecule has 2 amide bonds. The lowest BCUT2D eigenvalue weighted by Crippen LogP contribution is -2.36. The highest BCUT2D eigenvalue weighted by molar-refractivity contribution is 7.16. The van der Waals surface area contributed by atoms with Gasteiger partial charge in [-0.15, -0.1) is 11.3 Å². The Morgan fingerprint density at radius 3 is 2.91 bits per heavy atom. The highest BCUT2D eigenvalue weighted by Crippen LogP contribution is 2.27. The fourth-order valence-electron chi connectivity index (χ4n) is 2.20. The fourth-order valence-corrected chi connectivity index (χ4v) is 3.29. The number of likely N-dealkylation sites (N-methyl/N-ethyl adjacent to an activating group) is 1. The van der Waals surface area contributed by atoms with Crippen LogP contribution < -0.4 is 10.6 Å². The Balaban J connectivity index is 1.74. The van der Waals surface area contributed by atoms with Gasteiger partial charge < -0.3 is 15.0 Å². The van der Waals surface area contributed by atoms with Gasteiger partial charge in [-0.25, -0.2) is 4.98 Å². The normalized spacial score (nSPS) is 14.6. The van der Waals surface area contributed by atoms with Crippen molar-refractivity contribution in [2.75, 3.05) is 32.1 Å². The molecule has 1 aromatic rings. The number of carbonyl (C=O) groups excluding carboxylic acids is 2. The van der Waals surface area contributed by atoms with E-state index in [1.54, 1.807) is 0 Å². The number of fused-ring (bicyclic) bond motifs is 1. The summed E-state index contributed by atoms with van der Waals surface area (Å²) in [6.07, 6.45) is 1.72. The average molecular weight is 340 g/mol. The summed E-state index contributed by atoms with van der Waals surface area (Å²) in [6, 6.07) is 0. The number of hydrogen-bond acceptors (Lipinski definition) is 6. The van der Waals surface area contributed by atoms with E-state index < -0.39 is 11.8 Å². The van der Waals surface area contributed by atoms with Crippen LogP contribution in [-0.4, -0.2) is 54.5 Å². The number of nitrogens with one attached hydrogen (secondary N) is 2. The van der Waals surface area contributed by atoms with E-state index >= 15 is 0 Å². The van der Waals surface area contributed by atoms with Crippen LogP contribution in [-0.2, 0) is 27.3 Å². The summed E-state index contributed by atoms with van der Waals surface area (Å²) in [5, 5.41) is 5.66. The number of ether oxygens (including phenoxy) is 1. The number of thiazole rings is 1. The lowest BCUT2D eigenvalue weighted by atomic mass is 10.2. The van der Waals surface area contributed by atoms with Gasteiger partial charge >= 0.3 is 11.8 Å². The van der Waals surface area contributed by atoms with Gasteiger partial charge in [-0.05, 0) is 27.3 Å². The third-order valence-corrected chi connectivity index (χ3v) is 4.40. The van der Waals surface area contributed by atoms with Gasteiger partial charge in [0.25, 0.3) is 0 Å². The van der Waals surface area contributed by atoms with Gasteiger partial charge in [0.2, 0.25) is 0 Å². The highest BCUT2D eigenvalue weighted by Gasteiger charge is 2.20. The number of hydrogen-bond donors (Lipinski definition) is 2. The van der Waals surface area contributed by atoms with Crippen molar-refractivity contribution in [2.24, 2.45) is 0 Å². The van der Waals surface area contributed by atoms with Crippen molar-refractivity contribution in [3.05, 3.63) is 10.6 Å². The summed E-state index contributed by atoms with van der Waals surface area (Å²) in [6.45, 7) is 6.69. The Morgan fingerprint density at radius 2 is 2.17 bits per heavy atom. The van der Waals surface area contributed by atoms with Crippen molar-refractivity contribution in [1.29, 1.82) is 0 Å². The van der Waals surface area contributed by atoms with Gasteiger partial charge in [-0.2, -0.15) is 0 Å². The number of amides is 2. The summed E-state index contributed by atoms with van der Waals surface area (Å²) in [5.74, 6) is -1.31. The van der Waals surface area contributed by atoms with Crippen molar-refractivity contribution < 1.29 is 14.3 Å². The molecule has 1 aliphatic heterocycles. The molecule has 23 heavy (non-hydrogen) atoms. The first-order valence-electron chi connectivity index (χ1n) is 7.83. The smallest absolute Gasteiger partial charge is 0.315 e. The van der Waals surface area contributed by atoms with E-state index in [-0.39, 0.29) is 6.10 Å². The molecule has 2 heterocycles. The Kier molecular flexibility index (Phi) is 6.49. The lowest BCUT2D eigenvalue weighted by Gasteiger charge is -2.20. The van der Waals surface area contributed by atoms with Gasteiger partial charge in [0, 0.05) is 37.5 Å². The minimum atomic E-state index is -0.672. The molecule has 0 radical (unpaired) electrons. The van der Waals surface area contributed by atoms with E-state index in [2.05, 4.69) is 27.6 Å². The maximum atomic E-state index is 11.9. The molecule has 2 N–H and O–H groups in total. The van der Waals surface area contributed by atoms with Gasteiger partial charge in [-0.1, -0.05) is 0 Å². The molecular formula is C15H24N4O3S. The molecule has 0 bridgehead atoms. The van der Waals surface area contributed by atoms with Gasteiger partial charge in [0.1, 0.15) is 0 Å². The van der Waals surface area contributed by atoms with Crippen LogP contribution in [0.15, 0.2) is 0 Å². The van der Waals surface area contributed by atoms with E-state index in [4.69, 9.17) is 4.74 Å². The van der Waals surface area contributed by atoms with E-state index in [1.165, 1.54) is 11.3 Å². The predicted molar refractivity (Wildman–Crippen MR) is 89.5 cm³/mol. The monoisotopic (exact) mass is 340 g/mol. The fraction of sp³-hybridized carbons (Fsp3) is 0.667. The lowest BCUT2D eigenvalue weighted by molar-refractivity contribution is -0.136. The van der Waals surface area contributed by atoms with Crippen LogP contribution in [0.5, 0.6) is 0 Å². The van der Waals surface area contributed by atoms with Gasteiger partial charge in [-0.3, -0.25) is 14.9 Å². The summed E-state index contributed by atoms with van der Waals surface area (Å²) in [5.41, 5.74) is 1.02. The third-order valence-electron chi connectivity index (χ3n) is 3.41. The van der Waals surface area contributed by atoms with Crippen LogP contribution in [0, 0.1) is 0 Å². The van der Waals surface area contributed by atoms with Crippen LogP contribution in [0.2, 0.25) is 0 Å². The van der Waals surface area contributed by atoms with Gasteiger partial charge in [0.15, 0.2) is 5.13 Å². The minimum absolute atomic E-state index is 0.170. The van der Waals surface area contributed by atoms with E-state index in [0.717, 1.165) is 30.1 Å². The van der Waals surface area contributed by atoms with Crippen LogP contribution in [0.25, 0.3) is 0 Å². The van der Waals surface area contributed by atoms with Crippen LogP contribution in [0.1, 0.15) is 30.8 Å². The minimum Gasteiger partial charge on any atom is -0.379 e. The SMILES string of the molecule is CC(C)OCCCNC(=O)C(=O)Nc1nc2c(s1)CN(C)CC2. The topological polar surface area (TPSA) is 83.6 Å². The molecule has 0 atom stereocenters. The standard InChI is InChI=1S/C15H24N4O3S/c1-10(2)22-8-4-6-16-13(20)14(21)18-15-17-11-5-7-19(3)9-12(11)23-15/h10H,4-9H2,1-3H3,(H,16,20)(H,17,18,21). The first-order valence-corrected chi connectivity index (χ1v) is 8.65. The summed E-state index contributed by atoms with van der Waals surface area (Å²) in [7, 11) is 2.05. The summed E-state index contributed by atoms with van der Waals surface area (Å²) < 4.78 is 5.37. The van der Waals surface area contributed by atoms with E-state index in [9.17, 15) is 9.59 Å². The molecule has 0 fully saturated rings. The Morgan fingerprint density at radius 1 is 1.39 bits per heavy atom. The van der Waals surface area contributed by atoms with E-state index in [1.807, 2.05) is 13.8 Å². The van der Waals surface area contributed by atoms with Gasteiger partial charge in [0.05, 0.1) is 11.8 Å². The second-order valence-corrected chi connectivity index (χ2v) is 6.94. The maximum Gasteiger partial charge on any atom is 0.315 e. The van der Waals surface area contributed by atoms with Crippen molar-refractivity contribution in [3.63, 3.8) is 0 Å². The molecule has 2 rings (SSSR count). The quantitative estimate of drug-likeness (QED) is 0.596. The molecular weight excluding hydrogens is 316 g/mol. The second kappa shape index (κ2) is 8.37. The molecule has 0 unspecified atom stereocenters. The Labute approximate surface area is 140 Å². The molecule has 0 saturated carbocycles. The molecule has 1 aliphatic rings. The van der Waals surface area contributed by atoms with Crippen LogP contribution >= 0.6 is 11.3 Å². The Bertz CT molecular complexity index is 559. The molecule has 1 aromatic heterocycles. The third kappa shape index (κ3) is 5.56. The number of anilines is 1. The van der Waals surface area contributed by atoms with Crippen LogP contribution in [0.3, 0.4) is 0 Å². The first-order chi connectivity index (χ1) is 11.0. The first kappa shape index (κ1) is 17.8. The number of rotatable bonds is 6. The molecule has 0 aromatic carbocycles. The average Bonchev–Trinajstić information content (AvgIpc) is 2.87. The molecule has 0 saturated heterocycles.